The first-order chi connectivity index (χ1) is 10.2. The van der Waals surface area contributed by atoms with Gasteiger partial charge in [-0.2, -0.15) is 22.0 Å². The van der Waals surface area contributed by atoms with E-state index in [0.717, 1.165) is 12.1 Å². The molecule has 0 heterocycles. The standard InChI is InChI=1S/C14H7Cl2F5O/c15-9-2-1-3-10(16)12(9)7-4-5-8(14(19,20)21)11(6-7)22-13(17)18/h1-6,13H. The Morgan fingerprint density at radius 2 is 1.55 bits per heavy atom. The van der Waals surface area contributed by atoms with E-state index in [-0.39, 0.29) is 21.2 Å². The normalized spacial score (nSPS) is 11.8. The maximum absolute atomic E-state index is 12.8. The second-order valence-electron chi connectivity index (χ2n) is 4.18. The van der Waals surface area contributed by atoms with Crippen molar-refractivity contribution in [2.75, 3.05) is 0 Å². The summed E-state index contributed by atoms with van der Waals surface area (Å²) < 4.78 is 67.1. The maximum atomic E-state index is 12.8. The third kappa shape index (κ3) is 3.62. The number of alkyl halides is 5. The van der Waals surface area contributed by atoms with Gasteiger partial charge in [0.1, 0.15) is 5.75 Å². The van der Waals surface area contributed by atoms with E-state index in [9.17, 15) is 22.0 Å². The first kappa shape index (κ1) is 16.8. The van der Waals surface area contributed by atoms with Crippen molar-refractivity contribution in [3.63, 3.8) is 0 Å². The summed E-state index contributed by atoms with van der Waals surface area (Å²) in [6.07, 6.45) is -4.83. The Morgan fingerprint density at radius 1 is 0.955 bits per heavy atom. The summed E-state index contributed by atoms with van der Waals surface area (Å²) in [5.41, 5.74) is -0.933. The van der Waals surface area contributed by atoms with E-state index in [1.807, 2.05) is 0 Å². The number of halogens is 7. The largest absolute Gasteiger partial charge is 0.434 e. The molecule has 0 atom stereocenters. The quantitative estimate of drug-likeness (QED) is 0.588. The Balaban J connectivity index is 2.61. The van der Waals surface area contributed by atoms with Gasteiger partial charge in [-0.05, 0) is 29.8 Å². The minimum absolute atomic E-state index is 0.138. The fraction of sp³-hybridized carbons (Fsp3) is 0.143. The zero-order valence-corrected chi connectivity index (χ0v) is 12.1. The van der Waals surface area contributed by atoms with Crippen LogP contribution in [0.3, 0.4) is 0 Å². The van der Waals surface area contributed by atoms with E-state index < -0.39 is 24.1 Å². The smallest absolute Gasteiger partial charge is 0.419 e. The van der Waals surface area contributed by atoms with Crippen LogP contribution < -0.4 is 4.74 Å². The van der Waals surface area contributed by atoms with Gasteiger partial charge >= 0.3 is 12.8 Å². The second-order valence-corrected chi connectivity index (χ2v) is 5.00. The lowest BCUT2D eigenvalue weighted by molar-refractivity contribution is -0.141. The van der Waals surface area contributed by atoms with Crippen LogP contribution in [0, 0.1) is 0 Å². The Kier molecular flexibility index (Phi) is 4.82. The van der Waals surface area contributed by atoms with Crippen molar-refractivity contribution in [1.82, 2.24) is 0 Å². The monoisotopic (exact) mass is 356 g/mol. The molecule has 0 aliphatic heterocycles. The van der Waals surface area contributed by atoms with Crippen molar-refractivity contribution in [2.45, 2.75) is 12.8 Å². The molecular formula is C14H7Cl2F5O. The lowest BCUT2D eigenvalue weighted by Crippen LogP contribution is -2.11. The molecule has 0 aliphatic rings. The highest BCUT2D eigenvalue weighted by Crippen LogP contribution is 2.42. The third-order valence-electron chi connectivity index (χ3n) is 2.75. The van der Waals surface area contributed by atoms with Crippen molar-refractivity contribution in [2.24, 2.45) is 0 Å². The van der Waals surface area contributed by atoms with Crippen molar-refractivity contribution < 1.29 is 26.7 Å². The molecule has 2 rings (SSSR count). The molecule has 0 fully saturated rings. The number of ether oxygens (including phenoxy) is 1. The molecule has 0 spiro atoms. The van der Waals surface area contributed by atoms with Crippen LogP contribution in [-0.2, 0) is 6.18 Å². The van der Waals surface area contributed by atoms with Crippen LogP contribution >= 0.6 is 23.2 Å². The first-order valence-electron chi connectivity index (χ1n) is 5.80. The van der Waals surface area contributed by atoms with Gasteiger partial charge in [0.05, 0.1) is 5.56 Å². The summed E-state index contributed by atoms with van der Waals surface area (Å²) in [6.45, 7) is -3.39. The van der Waals surface area contributed by atoms with Crippen molar-refractivity contribution in [3.8, 4) is 16.9 Å². The van der Waals surface area contributed by atoms with Crippen LogP contribution in [0.25, 0.3) is 11.1 Å². The van der Waals surface area contributed by atoms with Gasteiger partial charge in [-0.15, -0.1) is 0 Å². The van der Waals surface area contributed by atoms with Crippen LogP contribution in [0.1, 0.15) is 5.56 Å². The van der Waals surface area contributed by atoms with E-state index in [1.54, 1.807) is 6.07 Å². The lowest BCUT2D eigenvalue weighted by Gasteiger charge is -2.15. The Bertz CT molecular complexity index is 665. The van der Waals surface area contributed by atoms with Gasteiger partial charge in [-0.1, -0.05) is 35.3 Å². The molecule has 0 amide bonds. The van der Waals surface area contributed by atoms with Gasteiger partial charge in [0.15, 0.2) is 0 Å². The molecule has 0 aromatic heterocycles. The molecule has 2 aromatic carbocycles. The first-order valence-corrected chi connectivity index (χ1v) is 6.56. The van der Waals surface area contributed by atoms with E-state index in [1.165, 1.54) is 12.1 Å². The fourth-order valence-corrected chi connectivity index (χ4v) is 2.49. The summed E-state index contributed by atoms with van der Waals surface area (Å²) in [4.78, 5) is 0. The summed E-state index contributed by atoms with van der Waals surface area (Å²) in [5.74, 6) is -0.990. The average Bonchev–Trinajstić information content (AvgIpc) is 2.36. The predicted molar refractivity (Wildman–Crippen MR) is 73.5 cm³/mol. The van der Waals surface area contributed by atoms with Gasteiger partial charge in [-0.25, -0.2) is 0 Å². The minimum atomic E-state index is -4.83. The highest BCUT2D eigenvalue weighted by Gasteiger charge is 2.35. The molecule has 118 valence electrons. The number of hydrogen-bond acceptors (Lipinski definition) is 1. The average molecular weight is 357 g/mol. The van der Waals surface area contributed by atoms with Gasteiger partial charge in [0.2, 0.25) is 0 Å². The predicted octanol–water partition coefficient (Wildman–Crippen LogP) is 6.28. The van der Waals surface area contributed by atoms with Crippen LogP contribution in [0.4, 0.5) is 22.0 Å². The molecule has 0 saturated heterocycles. The molecular weight excluding hydrogens is 350 g/mol. The SMILES string of the molecule is FC(F)Oc1cc(-c2c(Cl)cccc2Cl)ccc1C(F)(F)F. The molecule has 0 bridgehead atoms. The number of benzene rings is 2. The Labute approximate surface area is 132 Å². The molecule has 1 nitrogen and oxygen atoms in total. The maximum Gasteiger partial charge on any atom is 0.419 e. The van der Waals surface area contributed by atoms with E-state index in [4.69, 9.17) is 23.2 Å². The molecule has 22 heavy (non-hydrogen) atoms. The topological polar surface area (TPSA) is 9.23 Å². The van der Waals surface area contributed by atoms with Crippen molar-refractivity contribution in [1.29, 1.82) is 0 Å². The Hall–Kier alpha value is -1.53. The molecule has 8 heteroatoms. The van der Waals surface area contributed by atoms with Gasteiger partial charge < -0.3 is 4.74 Å². The zero-order valence-electron chi connectivity index (χ0n) is 10.6. The second kappa shape index (κ2) is 6.30. The van der Waals surface area contributed by atoms with E-state index in [0.29, 0.717) is 6.07 Å². The lowest BCUT2D eigenvalue weighted by atomic mass is 10.0. The van der Waals surface area contributed by atoms with Gasteiger partial charge in [0, 0.05) is 15.6 Å². The molecule has 0 N–H and O–H groups in total. The highest BCUT2D eigenvalue weighted by molar-refractivity contribution is 6.39. The van der Waals surface area contributed by atoms with Crippen LogP contribution in [0.2, 0.25) is 10.0 Å². The highest BCUT2D eigenvalue weighted by atomic mass is 35.5. The Morgan fingerprint density at radius 3 is 2.05 bits per heavy atom. The summed E-state index contributed by atoms with van der Waals surface area (Å²) >= 11 is 11.9. The summed E-state index contributed by atoms with van der Waals surface area (Å²) in [7, 11) is 0. The van der Waals surface area contributed by atoms with Crippen molar-refractivity contribution >= 4 is 23.2 Å². The van der Waals surface area contributed by atoms with Crippen LogP contribution in [0.15, 0.2) is 36.4 Å². The minimum Gasteiger partial charge on any atom is -0.434 e. The van der Waals surface area contributed by atoms with E-state index >= 15 is 0 Å². The molecule has 0 saturated carbocycles. The molecule has 0 radical (unpaired) electrons. The van der Waals surface area contributed by atoms with Crippen LogP contribution in [-0.4, -0.2) is 6.61 Å². The number of hydrogen-bond donors (Lipinski definition) is 0. The fourth-order valence-electron chi connectivity index (χ4n) is 1.88. The van der Waals surface area contributed by atoms with Gasteiger partial charge in [0.25, 0.3) is 0 Å². The van der Waals surface area contributed by atoms with Crippen LogP contribution in [0.5, 0.6) is 5.75 Å². The zero-order chi connectivity index (χ0) is 16.5. The van der Waals surface area contributed by atoms with Crippen molar-refractivity contribution in [3.05, 3.63) is 52.0 Å². The summed E-state index contributed by atoms with van der Waals surface area (Å²) in [6, 6.07) is 7.08. The molecule has 2 aromatic rings. The molecule has 0 aliphatic carbocycles. The number of rotatable bonds is 3. The third-order valence-corrected chi connectivity index (χ3v) is 3.38. The van der Waals surface area contributed by atoms with E-state index in [2.05, 4.69) is 4.74 Å². The summed E-state index contributed by atoms with van der Waals surface area (Å²) in [5, 5.41) is 0.352. The molecule has 0 unspecified atom stereocenters. The van der Waals surface area contributed by atoms with Gasteiger partial charge in [-0.3, -0.25) is 0 Å².